The molecule has 0 radical (unpaired) electrons. The lowest BCUT2D eigenvalue weighted by Gasteiger charge is -1.98. The summed E-state index contributed by atoms with van der Waals surface area (Å²) < 4.78 is 0.640. The molecule has 0 bridgehead atoms. The number of rotatable bonds is 1. The average molecular weight is 274 g/mol. The monoisotopic (exact) mass is 273 g/mol. The van der Waals surface area contributed by atoms with E-state index in [0.717, 1.165) is 10.5 Å². The normalized spacial score (nSPS) is 17.7. The predicted octanol–water partition coefficient (Wildman–Crippen LogP) is 4.44. The zero-order chi connectivity index (χ0) is 10.8. The molecule has 0 unspecified atom stereocenters. The van der Waals surface area contributed by atoms with Gasteiger partial charge in [0.1, 0.15) is 0 Å². The quantitative estimate of drug-likeness (QED) is 0.702. The Balaban J connectivity index is 2.28. The second-order valence-corrected chi connectivity index (χ2v) is 5.37. The molecule has 0 aromatic heterocycles. The predicted molar refractivity (Wildman–Crippen MR) is 73.1 cm³/mol. The lowest BCUT2D eigenvalue weighted by Crippen LogP contribution is -1.77. The fourth-order valence-corrected chi connectivity index (χ4v) is 2.36. The van der Waals surface area contributed by atoms with Gasteiger partial charge in [-0.15, -0.1) is 0 Å². The van der Waals surface area contributed by atoms with Crippen LogP contribution in [0.5, 0.6) is 0 Å². The van der Waals surface area contributed by atoms with Gasteiger partial charge in [0.2, 0.25) is 0 Å². The summed E-state index contributed by atoms with van der Waals surface area (Å²) in [6.07, 6.45) is 3.71. The summed E-state index contributed by atoms with van der Waals surface area (Å²) in [5, 5.41) is 1.11. The molecule has 0 saturated carbocycles. The van der Waals surface area contributed by atoms with Crippen LogP contribution in [-0.4, -0.2) is 10.5 Å². The summed E-state index contributed by atoms with van der Waals surface area (Å²) in [5.41, 5.74) is 0.989. The summed E-state index contributed by atoms with van der Waals surface area (Å²) in [4.78, 5) is 5.01. The van der Waals surface area contributed by atoms with Crippen LogP contribution in [0.2, 0.25) is 10.0 Å². The Labute approximate surface area is 107 Å². The SMILES string of the molecule is S=C1N=CC(=Cc2ccc(Cl)c(Cl)c2)S1. The maximum absolute atomic E-state index is 5.90. The van der Waals surface area contributed by atoms with E-state index in [0.29, 0.717) is 14.4 Å². The second-order valence-electron chi connectivity index (χ2n) is 2.85. The minimum Gasteiger partial charge on any atom is -0.237 e. The van der Waals surface area contributed by atoms with E-state index in [1.165, 1.54) is 11.8 Å². The van der Waals surface area contributed by atoms with Crippen LogP contribution in [0, 0.1) is 0 Å². The fraction of sp³-hybridized carbons (Fsp3) is 0. The van der Waals surface area contributed by atoms with Gasteiger partial charge in [0.05, 0.1) is 10.0 Å². The van der Waals surface area contributed by atoms with Crippen molar-refractivity contribution in [3.05, 3.63) is 38.7 Å². The van der Waals surface area contributed by atoms with E-state index in [1.807, 2.05) is 18.2 Å². The number of nitrogens with zero attached hydrogens (tertiary/aromatic N) is 1. The van der Waals surface area contributed by atoms with E-state index in [1.54, 1.807) is 12.3 Å². The van der Waals surface area contributed by atoms with E-state index in [-0.39, 0.29) is 0 Å². The number of allylic oxidation sites excluding steroid dienone is 1. The van der Waals surface area contributed by atoms with Crippen LogP contribution >= 0.6 is 47.2 Å². The van der Waals surface area contributed by atoms with Crippen LogP contribution < -0.4 is 0 Å². The van der Waals surface area contributed by atoms with E-state index in [2.05, 4.69) is 4.99 Å². The van der Waals surface area contributed by atoms with Crippen molar-refractivity contribution in [1.82, 2.24) is 0 Å². The Morgan fingerprint density at radius 2 is 2.07 bits per heavy atom. The van der Waals surface area contributed by atoms with E-state index < -0.39 is 0 Å². The van der Waals surface area contributed by atoms with Crippen molar-refractivity contribution in [2.24, 2.45) is 4.99 Å². The third-order valence-corrected chi connectivity index (χ3v) is 3.59. The highest BCUT2D eigenvalue weighted by Crippen LogP contribution is 2.28. The first-order valence-corrected chi connectivity index (χ1v) is 6.06. The molecule has 1 aromatic rings. The van der Waals surface area contributed by atoms with Gasteiger partial charge in [-0.2, -0.15) is 0 Å². The molecule has 0 fully saturated rings. The molecule has 1 aliphatic heterocycles. The number of halogens is 2. The summed E-state index contributed by atoms with van der Waals surface area (Å²) in [6.45, 7) is 0. The molecule has 0 spiro atoms. The second kappa shape index (κ2) is 4.66. The highest BCUT2D eigenvalue weighted by molar-refractivity contribution is 8.26. The van der Waals surface area contributed by atoms with E-state index in [9.17, 15) is 0 Å². The number of thioether (sulfide) groups is 1. The van der Waals surface area contributed by atoms with Gasteiger partial charge in [-0.05, 0) is 23.8 Å². The maximum Gasteiger partial charge on any atom is 0.164 e. The van der Waals surface area contributed by atoms with Gasteiger partial charge in [-0.1, -0.05) is 53.2 Å². The molecular weight excluding hydrogens is 269 g/mol. The van der Waals surface area contributed by atoms with Gasteiger partial charge < -0.3 is 0 Å². The minimum absolute atomic E-state index is 0.550. The van der Waals surface area contributed by atoms with Crippen LogP contribution in [0.15, 0.2) is 28.1 Å². The molecule has 1 nitrogen and oxygen atoms in total. The Morgan fingerprint density at radius 1 is 1.27 bits per heavy atom. The van der Waals surface area contributed by atoms with Crippen molar-refractivity contribution in [1.29, 1.82) is 0 Å². The van der Waals surface area contributed by atoms with Crippen molar-refractivity contribution in [3.63, 3.8) is 0 Å². The largest absolute Gasteiger partial charge is 0.237 e. The molecule has 0 saturated heterocycles. The van der Waals surface area contributed by atoms with Gasteiger partial charge in [-0.25, -0.2) is 4.99 Å². The molecule has 0 amide bonds. The minimum atomic E-state index is 0.550. The standard InChI is InChI=1S/C10H5Cl2NS2/c11-8-2-1-6(4-9(8)12)3-7-5-13-10(14)15-7/h1-5H. The molecule has 76 valence electrons. The molecule has 1 aromatic carbocycles. The first-order valence-electron chi connectivity index (χ1n) is 4.08. The zero-order valence-electron chi connectivity index (χ0n) is 7.41. The smallest absolute Gasteiger partial charge is 0.164 e. The van der Waals surface area contributed by atoms with Crippen LogP contribution in [0.25, 0.3) is 6.08 Å². The number of aliphatic imine (C=N–C) groups is 1. The highest BCUT2D eigenvalue weighted by atomic mass is 35.5. The van der Waals surface area contributed by atoms with Crippen molar-refractivity contribution >= 4 is 63.8 Å². The maximum atomic E-state index is 5.90. The fourth-order valence-electron chi connectivity index (χ4n) is 1.10. The Morgan fingerprint density at radius 3 is 2.67 bits per heavy atom. The van der Waals surface area contributed by atoms with Crippen LogP contribution in [0.1, 0.15) is 5.56 Å². The number of hydrogen-bond donors (Lipinski definition) is 0. The molecule has 15 heavy (non-hydrogen) atoms. The summed E-state index contributed by atoms with van der Waals surface area (Å²) in [5.74, 6) is 0. The van der Waals surface area contributed by atoms with Crippen molar-refractivity contribution < 1.29 is 0 Å². The third kappa shape index (κ3) is 2.82. The summed E-state index contributed by atoms with van der Waals surface area (Å²) in [6, 6.07) is 5.48. The Bertz CT molecular complexity index is 480. The van der Waals surface area contributed by atoms with Crippen molar-refractivity contribution in [2.45, 2.75) is 0 Å². The molecule has 2 rings (SSSR count). The molecule has 1 heterocycles. The highest BCUT2D eigenvalue weighted by Gasteiger charge is 2.07. The van der Waals surface area contributed by atoms with Gasteiger partial charge in [0, 0.05) is 11.1 Å². The first kappa shape index (κ1) is 11.1. The number of benzene rings is 1. The summed E-state index contributed by atoms with van der Waals surface area (Å²) in [7, 11) is 0. The Kier molecular flexibility index (Phi) is 3.46. The number of hydrogen-bond acceptors (Lipinski definition) is 2. The molecule has 1 aliphatic rings. The molecule has 5 heteroatoms. The lowest BCUT2D eigenvalue weighted by molar-refractivity contribution is 1.66. The topological polar surface area (TPSA) is 12.4 Å². The molecular formula is C10H5Cl2NS2. The van der Waals surface area contributed by atoms with Crippen LogP contribution in [0.3, 0.4) is 0 Å². The van der Waals surface area contributed by atoms with Crippen molar-refractivity contribution in [3.8, 4) is 0 Å². The average Bonchev–Trinajstić information content (AvgIpc) is 2.58. The third-order valence-electron chi connectivity index (χ3n) is 1.75. The van der Waals surface area contributed by atoms with Crippen LogP contribution in [-0.2, 0) is 0 Å². The first-order chi connectivity index (χ1) is 7.15. The molecule has 0 N–H and O–H groups in total. The van der Waals surface area contributed by atoms with Gasteiger partial charge in [0.15, 0.2) is 4.32 Å². The zero-order valence-corrected chi connectivity index (χ0v) is 10.6. The molecule has 0 aliphatic carbocycles. The van der Waals surface area contributed by atoms with E-state index in [4.69, 9.17) is 35.4 Å². The van der Waals surface area contributed by atoms with Crippen LogP contribution in [0.4, 0.5) is 0 Å². The summed E-state index contributed by atoms with van der Waals surface area (Å²) >= 11 is 18.1. The van der Waals surface area contributed by atoms with E-state index >= 15 is 0 Å². The Hall–Kier alpha value is -0.350. The van der Waals surface area contributed by atoms with Crippen molar-refractivity contribution in [2.75, 3.05) is 0 Å². The van der Waals surface area contributed by atoms with Gasteiger partial charge >= 0.3 is 0 Å². The number of thiocarbonyl (C=S) groups is 1. The van der Waals surface area contributed by atoms with Gasteiger partial charge in [-0.3, -0.25) is 0 Å². The molecule has 0 atom stereocenters. The van der Waals surface area contributed by atoms with Gasteiger partial charge in [0.25, 0.3) is 0 Å². The lowest BCUT2D eigenvalue weighted by atomic mass is 10.2.